The molecule has 1 fully saturated rings. The highest BCUT2D eigenvalue weighted by Gasteiger charge is 2.15. The van der Waals surface area contributed by atoms with Gasteiger partial charge in [0.2, 0.25) is 0 Å². The van der Waals surface area contributed by atoms with Crippen LogP contribution in [0, 0.1) is 6.92 Å². The predicted molar refractivity (Wildman–Crippen MR) is 94.3 cm³/mol. The molecule has 0 saturated carbocycles. The fraction of sp³-hybridized carbons (Fsp3) is 0.400. The monoisotopic (exact) mass is 311 g/mol. The summed E-state index contributed by atoms with van der Waals surface area (Å²) in [4.78, 5) is 0. The molecular weight excluding hydrogens is 286 g/mol. The van der Waals surface area contributed by atoms with E-state index in [0.29, 0.717) is 6.61 Å². The molecule has 1 unspecified atom stereocenters. The lowest BCUT2D eigenvalue weighted by molar-refractivity contribution is 0.0679. The van der Waals surface area contributed by atoms with Crippen LogP contribution in [-0.2, 0) is 11.2 Å². The molecule has 2 aromatic carbocycles. The van der Waals surface area contributed by atoms with Gasteiger partial charge >= 0.3 is 0 Å². The van der Waals surface area contributed by atoms with Gasteiger partial charge in [0.1, 0.15) is 12.4 Å². The molecule has 23 heavy (non-hydrogen) atoms. The second kappa shape index (κ2) is 8.02. The molecule has 1 atom stereocenters. The minimum Gasteiger partial charge on any atom is -0.491 e. The molecule has 0 aromatic heterocycles. The summed E-state index contributed by atoms with van der Waals surface area (Å²) in [5, 5.41) is 3.46. The first-order valence-electron chi connectivity index (χ1n) is 8.44. The zero-order chi connectivity index (χ0) is 15.9. The molecule has 1 aliphatic heterocycles. The quantitative estimate of drug-likeness (QED) is 0.831. The van der Waals surface area contributed by atoms with Crippen LogP contribution in [0.2, 0.25) is 0 Å². The molecular formula is C20H25NO2. The largest absolute Gasteiger partial charge is 0.491 e. The van der Waals surface area contributed by atoms with Gasteiger partial charge in [-0.25, -0.2) is 0 Å². The number of ether oxygens (including phenoxy) is 2. The van der Waals surface area contributed by atoms with Crippen molar-refractivity contribution in [2.75, 3.05) is 25.1 Å². The minimum atomic E-state index is 0.266. The highest BCUT2D eigenvalue weighted by molar-refractivity contribution is 5.46. The Bertz CT molecular complexity index is 603. The Morgan fingerprint density at radius 2 is 1.96 bits per heavy atom. The van der Waals surface area contributed by atoms with Crippen LogP contribution in [0.4, 0.5) is 5.69 Å². The molecule has 1 saturated heterocycles. The van der Waals surface area contributed by atoms with Gasteiger partial charge in [-0.15, -0.1) is 0 Å². The van der Waals surface area contributed by atoms with Gasteiger partial charge in [0.25, 0.3) is 0 Å². The SMILES string of the molecule is Cc1ccccc1CCNc1ccc(OCC2CCCO2)cc1. The number of hydrogen-bond donors (Lipinski definition) is 1. The minimum absolute atomic E-state index is 0.266. The number of hydrogen-bond acceptors (Lipinski definition) is 3. The first kappa shape index (κ1) is 15.9. The summed E-state index contributed by atoms with van der Waals surface area (Å²) in [5.41, 5.74) is 3.88. The molecule has 0 aliphatic carbocycles. The Morgan fingerprint density at radius 1 is 1.13 bits per heavy atom. The average Bonchev–Trinajstić information content (AvgIpc) is 3.09. The smallest absolute Gasteiger partial charge is 0.119 e. The third-order valence-electron chi connectivity index (χ3n) is 4.30. The summed E-state index contributed by atoms with van der Waals surface area (Å²) >= 11 is 0. The molecule has 1 heterocycles. The van der Waals surface area contributed by atoms with Gasteiger partial charge in [-0.1, -0.05) is 24.3 Å². The third-order valence-corrected chi connectivity index (χ3v) is 4.30. The van der Waals surface area contributed by atoms with Crippen LogP contribution < -0.4 is 10.1 Å². The summed E-state index contributed by atoms with van der Waals surface area (Å²) in [5.74, 6) is 0.907. The van der Waals surface area contributed by atoms with Crippen LogP contribution in [0.25, 0.3) is 0 Å². The van der Waals surface area contributed by atoms with E-state index >= 15 is 0 Å². The van der Waals surface area contributed by atoms with Crippen molar-refractivity contribution < 1.29 is 9.47 Å². The molecule has 3 nitrogen and oxygen atoms in total. The van der Waals surface area contributed by atoms with Gasteiger partial charge in [-0.2, -0.15) is 0 Å². The molecule has 1 aliphatic rings. The van der Waals surface area contributed by atoms with Crippen LogP contribution in [0.5, 0.6) is 5.75 Å². The fourth-order valence-corrected chi connectivity index (χ4v) is 2.87. The van der Waals surface area contributed by atoms with Crippen LogP contribution in [0.15, 0.2) is 48.5 Å². The van der Waals surface area contributed by atoms with E-state index < -0.39 is 0 Å². The lowest BCUT2D eigenvalue weighted by atomic mass is 10.1. The molecule has 122 valence electrons. The second-order valence-electron chi connectivity index (χ2n) is 6.07. The van der Waals surface area contributed by atoms with E-state index in [1.54, 1.807) is 0 Å². The van der Waals surface area contributed by atoms with Crippen molar-refractivity contribution in [1.29, 1.82) is 0 Å². The molecule has 0 bridgehead atoms. The van der Waals surface area contributed by atoms with Crippen LogP contribution in [0.1, 0.15) is 24.0 Å². The third kappa shape index (κ3) is 4.73. The van der Waals surface area contributed by atoms with Gasteiger partial charge < -0.3 is 14.8 Å². The summed E-state index contributed by atoms with van der Waals surface area (Å²) < 4.78 is 11.3. The zero-order valence-electron chi connectivity index (χ0n) is 13.8. The Morgan fingerprint density at radius 3 is 2.70 bits per heavy atom. The molecule has 3 rings (SSSR count). The van der Waals surface area contributed by atoms with E-state index in [9.17, 15) is 0 Å². The van der Waals surface area contributed by atoms with Crippen LogP contribution >= 0.6 is 0 Å². The van der Waals surface area contributed by atoms with E-state index in [-0.39, 0.29) is 6.10 Å². The van der Waals surface area contributed by atoms with Gasteiger partial charge in [-0.3, -0.25) is 0 Å². The number of rotatable bonds is 7. The Kier molecular flexibility index (Phi) is 5.54. The lowest BCUT2D eigenvalue weighted by Crippen LogP contribution is -2.16. The molecule has 1 N–H and O–H groups in total. The fourth-order valence-electron chi connectivity index (χ4n) is 2.87. The number of nitrogens with one attached hydrogen (secondary N) is 1. The lowest BCUT2D eigenvalue weighted by Gasteiger charge is -2.12. The molecule has 0 spiro atoms. The topological polar surface area (TPSA) is 30.5 Å². The van der Waals surface area contributed by atoms with E-state index in [1.165, 1.54) is 11.1 Å². The zero-order valence-corrected chi connectivity index (χ0v) is 13.8. The maximum atomic E-state index is 5.78. The number of benzene rings is 2. The van der Waals surface area contributed by atoms with Crippen LogP contribution in [-0.4, -0.2) is 25.9 Å². The van der Waals surface area contributed by atoms with Gasteiger partial charge in [-0.05, 0) is 61.6 Å². The highest BCUT2D eigenvalue weighted by atomic mass is 16.5. The van der Waals surface area contributed by atoms with E-state index in [0.717, 1.165) is 43.9 Å². The van der Waals surface area contributed by atoms with Gasteiger partial charge in [0.05, 0.1) is 6.10 Å². The maximum absolute atomic E-state index is 5.78. The summed E-state index contributed by atoms with van der Waals surface area (Å²) in [7, 11) is 0. The van der Waals surface area contributed by atoms with Crippen molar-refractivity contribution in [3.63, 3.8) is 0 Å². The highest BCUT2D eigenvalue weighted by Crippen LogP contribution is 2.18. The number of anilines is 1. The van der Waals surface area contributed by atoms with Crippen molar-refractivity contribution in [2.45, 2.75) is 32.3 Å². The summed E-state index contributed by atoms with van der Waals surface area (Å²) in [6.45, 7) is 4.62. The van der Waals surface area contributed by atoms with Crippen LogP contribution in [0.3, 0.4) is 0 Å². The van der Waals surface area contributed by atoms with Crippen molar-refractivity contribution in [1.82, 2.24) is 0 Å². The van der Waals surface area contributed by atoms with Crippen molar-refractivity contribution in [3.05, 3.63) is 59.7 Å². The Hall–Kier alpha value is -2.00. The molecule has 0 amide bonds. The Labute approximate surface area is 138 Å². The van der Waals surface area contributed by atoms with Gasteiger partial charge in [0, 0.05) is 18.8 Å². The summed E-state index contributed by atoms with van der Waals surface area (Å²) in [6, 6.07) is 16.7. The molecule has 3 heteroatoms. The second-order valence-corrected chi connectivity index (χ2v) is 6.07. The van der Waals surface area contributed by atoms with Gasteiger partial charge in [0.15, 0.2) is 0 Å². The number of aryl methyl sites for hydroxylation is 1. The Balaban J connectivity index is 1.43. The average molecular weight is 311 g/mol. The standard InChI is InChI=1S/C20H25NO2/c1-16-5-2-3-6-17(16)12-13-21-18-8-10-19(11-9-18)23-15-20-7-4-14-22-20/h2-3,5-6,8-11,20-21H,4,7,12-15H2,1H3. The predicted octanol–water partition coefficient (Wildman–Crippen LogP) is 4.21. The molecule has 2 aromatic rings. The van der Waals surface area contributed by atoms with Crippen molar-refractivity contribution in [3.8, 4) is 5.75 Å². The maximum Gasteiger partial charge on any atom is 0.119 e. The molecule has 0 radical (unpaired) electrons. The van der Waals surface area contributed by atoms with E-state index in [2.05, 4.69) is 48.6 Å². The first-order valence-corrected chi connectivity index (χ1v) is 8.44. The van der Waals surface area contributed by atoms with Crippen molar-refractivity contribution >= 4 is 5.69 Å². The first-order chi connectivity index (χ1) is 11.3. The summed E-state index contributed by atoms with van der Waals surface area (Å²) in [6.07, 6.45) is 3.56. The van der Waals surface area contributed by atoms with E-state index in [4.69, 9.17) is 9.47 Å². The van der Waals surface area contributed by atoms with Crippen molar-refractivity contribution in [2.24, 2.45) is 0 Å². The van der Waals surface area contributed by atoms with E-state index in [1.807, 2.05) is 12.1 Å². The normalized spacial score (nSPS) is 17.2.